The summed E-state index contributed by atoms with van der Waals surface area (Å²) in [6, 6.07) is 0. The maximum atomic E-state index is 11.5. The van der Waals surface area contributed by atoms with E-state index in [-0.39, 0.29) is 0 Å². The molecule has 2 fully saturated rings. The van der Waals surface area contributed by atoms with Crippen LogP contribution < -0.4 is 0 Å². The Morgan fingerprint density at radius 2 is 1.21 bits per heavy atom. The number of rotatable bonds is 6. The van der Waals surface area contributed by atoms with Crippen LogP contribution in [0.15, 0.2) is 0 Å². The van der Waals surface area contributed by atoms with Crippen LogP contribution in [-0.4, -0.2) is 117 Å². The fraction of sp³-hybridized carbons (Fsp3) is 0.875. The van der Waals surface area contributed by atoms with Gasteiger partial charge in [0.15, 0.2) is 18.5 Å². The van der Waals surface area contributed by atoms with Gasteiger partial charge in [0.05, 0.1) is 13.2 Å². The van der Waals surface area contributed by atoms with Crippen molar-refractivity contribution in [2.24, 2.45) is 0 Å². The number of carbonyl (C=O) groups excluding carboxylic acids is 2. The van der Waals surface area contributed by atoms with Gasteiger partial charge in [-0.3, -0.25) is 9.59 Å². The molecule has 0 radical (unpaired) electrons. The first-order valence-corrected chi connectivity index (χ1v) is 8.85. The van der Waals surface area contributed by atoms with Crippen LogP contribution in [0.3, 0.4) is 0 Å². The van der Waals surface area contributed by atoms with E-state index in [9.17, 15) is 40.2 Å². The van der Waals surface area contributed by atoms with Crippen molar-refractivity contribution in [2.45, 2.75) is 75.3 Å². The van der Waals surface area contributed by atoms with Gasteiger partial charge in [-0.1, -0.05) is 0 Å². The highest BCUT2D eigenvalue weighted by Crippen LogP contribution is 2.30. The first-order chi connectivity index (χ1) is 13.6. The molecule has 10 atom stereocenters. The minimum atomic E-state index is -1.79. The third-order valence-corrected chi connectivity index (χ3v) is 4.52. The largest absolute Gasteiger partial charge is 0.455 e. The van der Waals surface area contributed by atoms with E-state index in [1.807, 2.05) is 0 Å². The molecule has 13 heteroatoms. The Hall–Kier alpha value is -1.42. The summed E-state index contributed by atoms with van der Waals surface area (Å²) in [4.78, 5) is 22.9. The number of aliphatic hydroxyl groups is 6. The Kier molecular flexibility index (Phi) is 8.28. The van der Waals surface area contributed by atoms with Crippen LogP contribution >= 0.6 is 0 Å². The molecule has 0 aromatic rings. The summed E-state index contributed by atoms with van der Waals surface area (Å²) >= 11 is 0. The number of hydrogen-bond donors (Lipinski definition) is 6. The lowest BCUT2D eigenvalue weighted by Crippen LogP contribution is -2.65. The van der Waals surface area contributed by atoms with E-state index in [1.165, 1.54) is 0 Å². The van der Waals surface area contributed by atoms with Gasteiger partial charge in [0.1, 0.15) is 36.6 Å². The highest BCUT2D eigenvalue weighted by Gasteiger charge is 2.52. The van der Waals surface area contributed by atoms with Gasteiger partial charge in [-0.2, -0.15) is 0 Å². The molecule has 168 valence electrons. The molecule has 0 spiro atoms. The van der Waals surface area contributed by atoms with Gasteiger partial charge < -0.3 is 54.3 Å². The van der Waals surface area contributed by atoms with Crippen LogP contribution in [0.2, 0.25) is 0 Å². The minimum Gasteiger partial charge on any atom is -0.455 e. The quantitative estimate of drug-likeness (QED) is 0.223. The van der Waals surface area contributed by atoms with Gasteiger partial charge in [0.2, 0.25) is 6.29 Å². The molecule has 2 saturated heterocycles. The van der Waals surface area contributed by atoms with E-state index in [0.717, 1.165) is 13.8 Å². The number of aliphatic hydroxyl groups excluding tert-OH is 6. The van der Waals surface area contributed by atoms with Crippen molar-refractivity contribution >= 4 is 11.9 Å². The smallest absolute Gasteiger partial charge is 0.303 e. The number of ether oxygens (including phenoxy) is 5. The molecule has 2 aliphatic heterocycles. The van der Waals surface area contributed by atoms with Crippen molar-refractivity contribution in [2.75, 3.05) is 13.2 Å². The molecule has 29 heavy (non-hydrogen) atoms. The topological polar surface area (TPSA) is 202 Å². The highest BCUT2D eigenvalue weighted by atomic mass is 16.8. The van der Waals surface area contributed by atoms with Gasteiger partial charge in [-0.05, 0) is 0 Å². The Morgan fingerprint density at radius 1 is 0.724 bits per heavy atom. The molecular weight excluding hydrogens is 400 g/mol. The predicted octanol–water partition coefficient (Wildman–Crippen LogP) is -4.26. The molecule has 0 bridgehead atoms. The summed E-state index contributed by atoms with van der Waals surface area (Å²) in [5.74, 6) is -1.66. The van der Waals surface area contributed by atoms with Gasteiger partial charge >= 0.3 is 11.9 Å². The fourth-order valence-corrected chi connectivity index (χ4v) is 3.11. The Bertz CT molecular complexity index is 569. The summed E-state index contributed by atoms with van der Waals surface area (Å²) in [6.45, 7) is 0.659. The van der Waals surface area contributed by atoms with E-state index in [1.54, 1.807) is 0 Å². The Balaban J connectivity index is 2.28. The SMILES string of the molecule is CC(=O)OC1C(OC2OC(CO)C(O)C(O)C2O)OC(CO)C(O)C1OC(C)=O. The van der Waals surface area contributed by atoms with Crippen molar-refractivity contribution in [1.29, 1.82) is 0 Å². The molecule has 0 amide bonds. The van der Waals surface area contributed by atoms with E-state index >= 15 is 0 Å². The first-order valence-electron chi connectivity index (χ1n) is 8.85. The molecule has 10 unspecified atom stereocenters. The first kappa shape index (κ1) is 23.9. The Labute approximate surface area is 165 Å². The second-order valence-corrected chi connectivity index (χ2v) is 6.70. The average Bonchev–Trinajstić information content (AvgIpc) is 2.66. The van der Waals surface area contributed by atoms with E-state index in [0.29, 0.717) is 0 Å². The van der Waals surface area contributed by atoms with Crippen molar-refractivity contribution in [1.82, 2.24) is 0 Å². The zero-order valence-electron chi connectivity index (χ0n) is 15.7. The van der Waals surface area contributed by atoms with E-state index < -0.39 is 86.6 Å². The second kappa shape index (κ2) is 10.1. The van der Waals surface area contributed by atoms with Crippen LogP contribution in [0.1, 0.15) is 13.8 Å². The Morgan fingerprint density at radius 3 is 1.72 bits per heavy atom. The molecule has 2 rings (SSSR count). The van der Waals surface area contributed by atoms with Gasteiger partial charge in [0, 0.05) is 13.8 Å². The molecule has 13 nitrogen and oxygen atoms in total. The van der Waals surface area contributed by atoms with Gasteiger partial charge in [0.25, 0.3) is 0 Å². The fourth-order valence-electron chi connectivity index (χ4n) is 3.11. The highest BCUT2D eigenvalue weighted by molar-refractivity contribution is 5.67. The summed E-state index contributed by atoms with van der Waals surface area (Å²) in [7, 11) is 0. The maximum absolute atomic E-state index is 11.5. The van der Waals surface area contributed by atoms with Crippen LogP contribution in [0.5, 0.6) is 0 Å². The molecule has 0 aromatic heterocycles. The van der Waals surface area contributed by atoms with Crippen molar-refractivity contribution < 1.29 is 63.9 Å². The van der Waals surface area contributed by atoms with E-state index in [2.05, 4.69) is 0 Å². The third-order valence-electron chi connectivity index (χ3n) is 4.52. The third kappa shape index (κ3) is 5.39. The summed E-state index contributed by atoms with van der Waals surface area (Å²) < 4.78 is 26.1. The van der Waals surface area contributed by atoms with Gasteiger partial charge in [-0.25, -0.2) is 0 Å². The second-order valence-electron chi connectivity index (χ2n) is 6.70. The van der Waals surface area contributed by atoms with Crippen molar-refractivity contribution in [3.8, 4) is 0 Å². The van der Waals surface area contributed by atoms with Crippen molar-refractivity contribution in [3.05, 3.63) is 0 Å². The van der Waals surface area contributed by atoms with Gasteiger partial charge in [-0.15, -0.1) is 0 Å². The lowest BCUT2D eigenvalue weighted by Gasteiger charge is -2.45. The predicted molar refractivity (Wildman–Crippen MR) is 87.7 cm³/mol. The zero-order valence-corrected chi connectivity index (χ0v) is 15.7. The van der Waals surface area contributed by atoms with Crippen LogP contribution in [0.4, 0.5) is 0 Å². The molecule has 0 aliphatic carbocycles. The number of hydrogen-bond acceptors (Lipinski definition) is 13. The lowest BCUT2D eigenvalue weighted by atomic mass is 9.97. The summed E-state index contributed by atoms with van der Waals surface area (Å²) in [5.41, 5.74) is 0. The standard InChI is InChI=1S/C16H26O13/c1-5(19)25-13-10(22)8(4-18)28-16(14(13)26-6(2)20)29-15-12(24)11(23)9(21)7(3-17)27-15/h7-18,21-24H,3-4H2,1-2H3. The molecule has 0 aromatic carbocycles. The normalized spacial score (nSPS) is 42.9. The maximum Gasteiger partial charge on any atom is 0.303 e. The zero-order chi connectivity index (χ0) is 21.9. The molecule has 2 aliphatic rings. The van der Waals surface area contributed by atoms with Crippen LogP contribution in [0.25, 0.3) is 0 Å². The molecule has 6 N–H and O–H groups in total. The molecular formula is C16H26O13. The molecule has 2 heterocycles. The lowest BCUT2D eigenvalue weighted by molar-refractivity contribution is -0.376. The van der Waals surface area contributed by atoms with Crippen molar-refractivity contribution in [3.63, 3.8) is 0 Å². The summed E-state index contributed by atoms with van der Waals surface area (Å²) in [6.07, 6.45) is -15.6. The average molecular weight is 426 g/mol. The van der Waals surface area contributed by atoms with Crippen LogP contribution in [0, 0.1) is 0 Å². The number of esters is 2. The number of carbonyl (C=O) groups is 2. The minimum absolute atomic E-state index is 0.711. The van der Waals surface area contributed by atoms with E-state index in [4.69, 9.17) is 23.7 Å². The molecule has 0 saturated carbocycles. The van der Waals surface area contributed by atoms with Crippen LogP contribution in [-0.2, 0) is 33.3 Å². The monoisotopic (exact) mass is 426 g/mol. The summed E-state index contributed by atoms with van der Waals surface area (Å²) in [5, 5.41) is 58.8.